The van der Waals surface area contributed by atoms with Crippen molar-refractivity contribution in [2.24, 2.45) is 0 Å². The minimum atomic E-state index is 0.232. The molecule has 0 bridgehead atoms. The summed E-state index contributed by atoms with van der Waals surface area (Å²) in [5, 5.41) is 3.50. The Morgan fingerprint density at radius 2 is 1.74 bits per heavy atom. The lowest BCUT2D eigenvalue weighted by molar-refractivity contribution is 0.303. The zero-order valence-electron chi connectivity index (χ0n) is 12.7. The van der Waals surface area contributed by atoms with Gasteiger partial charge in [0.1, 0.15) is 5.75 Å². The van der Waals surface area contributed by atoms with E-state index in [0.29, 0.717) is 0 Å². The molecule has 0 amide bonds. The van der Waals surface area contributed by atoms with Crippen molar-refractivity contribution >= 4 is 11.8 Å². The van der Waals surface area contributed by atoms with Gasteiger partial charge in [0.15, 0.2) is 0 Å². The van der Waals surface area contributed by atoms with Gasteiger partial charge < -0.3 is 10.1 Å². The molecule has 108 valence electrons. The number of unbranched alkanes of at least 4 members (excludes halogenated alkanes) is 2. The Kier molecular flexibility index (Phi) is 7.32. The van der Waals surface area contributed by atoms with E-state index in [1.807, 2.05) is 12.1 Å². The number of hydrogen-bond donors (Lipinski definition) is 1. The molecule has 0 aliphatic rings. The molecule has 0 radical (unpaired) electrons. The third-order valence-corrected chi connectivity index (χ3v) is 3.55. The van der Waals surface area contributed by atoms with Gasteiger partial charge >= 0.3 is 0 Å². The van der Waals surface area contributed by atoms with Crippen LogP contribution >= 0.6 is 11.8 Å². The fourth-order valence-corrected chi connectivity index (χ4v) is 2.14. The molecule has 1 rings (SSSR count). The highest BCUT2D eigenvalue weighted by molar-refractivity contribution is 7.98. The highest BCUT2D eigenvalue weighted by Gasteiger charge is 2.06. The quantitative estimate of drug-likeness (QED) is 0.565. The Labute approximate surface area is 122 Å². The van der Waals surface area contributed by atoms with Gasteiger partial charge in [0, 0.05) is 10.4 Å². The van der Waals surface area contributed by atoms with Crippen molar-refractivity contribution < 1.29 is 4.74 Å². The van der Waals surface area contributed by atoms with Gasteiger partial charge in [-0.1, -0.05) is 0 Å². The standard InChI is InChI=1S/C16H27NOS/c1-16(2,3)17-12-6-5-7-13-18-14-8-10-15(19-4)11-9-14/h8-11,17H,5-7,12-13H2,1-4H3. The third-order valence-electron chi connectivity index (χ3n) is 2.80. The molecule has 1 aromatic rings. The summed E-state index contributed by atoms with van der Waals surface area (Å²) in [6, 6.07) is 8.31. The van der Waals surface area contributed by atoms with Gasteiger partial charge in [0.25, 0.3) is 0 Å². The molecule has 0 saturated carbocycles. The van der Waals surface area contributed by atoms with E-state index >= 15 is 0 Å². The van der Waals surface area contributed by atoms with E-state index in [9.17, 15) is 0 Å². The van der Waals surface area contributed by atoms with Crippen LogP contribution in [0, 0.1) is 0 Å². The largest absolute Gasteiger partial charge is 0.494 e. The molecule has 0 fully saturated rings. The molecule has 0 heterocycles. The maximum atomic E-state index is 5.72. The van der Waals surface area contributed by atoms with E-state index in [1.54, 1.807) is 11.8 Å². The monoisotopic (exact) mass is 281 g/mol. The lowest BCUT2D eigenvalue weighted by Crippen LogP contribution is -2.36. The van der Waals surface area contributed by atoms with E-state index in [0.717, 1.165) is 25.3 Å². The molecule has 0 aromatic heterocycles. The van der Waals surface area contributed by atoms with Gasteiger partial charge in [-0.2, -0.15) is 0 Å². The van der Waals surface area contributed by atoms with E-state index in [-0.39, 0.29) is 5.54 Å². The van der Waals surface area contributed by atoms with E-state index in [4.69, 9.17) is 4.74 Å². The van der Waals surface area contributed by atoms with Crippen molar-refractivity contribution in [3.05, 3.63) is 24.3 Å². The second kappa shape index (κ2) is 8.49. The Bertz CT molecular complexity index is 343. The molecule has 2 nitrogen and oxygen atoms in total. The first-order valence-electron chi connectivity index (χ1n) is 7.03. The summed E-state index contributed by atoms with van der Waals surface area (Å²) in [7, 11) is 0. The average Bonchev–Trinajstić information content (AvgIpc) is 2.37. The van der Waals surface area contributed by atoms with Crippen LogP contribution in [0.3, 0.4) is 0 Å². The minimum Gasteiger partial charge on any atom is -0.494 e. The van der Waals surface area contributed by atoms with Gasteiger partial charge in [0.05, 0.1) is 6.61 Å². The summed E-state index contributed by atoms with van der Waals surface area (Å²) in [5.74, 6) is 0.977. The highest BCUT2D eigenvalue weighted by atomic mass is 32.2. The first-order chi connectivity index (χ1) is 9.01. The summed E-state index contributed by atoms with van der Waals surface area (Å²) in [6.45, 7) is 8.51. The Morgan fingerprint density at radius 1 is 1.05 bits per heavy atom. The summed E-state index contributed by atoms with van der Waals surface area (Å²) in [4.78, 5) is 1.28. The maximum absolute atomic E-state index is 5.72. The molecular formula is C16H27NOS. The van der Waals surface area contributed by atoms with Crippen LogP contribution in [0.4, 0.5) is 0 Å². The summed E-state index contributed by atoms with van der Waals surface area (Å²) < 4.78 is 5.72. The lowest BCUT2D eigenvalue weighted by Gasteiger charge is -2.20. The first kappa shape index (κ1) is 16.4. The summed E-state index contributed by atoms with van der Waals surface area (Å²) >= 11 is 1.75. The first-order valence-corrected chi connectivity index (χ1v) is 8.25. The second-order valence-corrected chi connectivity index (χ2v) is 6.64. The van der Waals surface area contributed by atoms with Crippen molar-refractivity contribution in [1.29, 1.82) is 0 Å². The fraction of sp³-hybridized carbons (Fsp3) is 0.625. The van der Waals surface area contributed by atoms with E-state index in [2.05, 4.69) is 44.5 Å². The van der Waals surface area contributed by atoms with Gasteiger partial charge in [-0.25, -0.2) is 0 Å². The molecule has 0 saturated heterocycles. The van der Waals surface area contributed by atoms with Crippen LogP contribution in [0.2, 0.25) is 0 Å². The molecular weight excluding hydrogens is 254 g/mol. The molecule has 0 atom stereocenters. The highest BCUT2D eigenvalue weighted by Crippen LogP contribution is 2.19. The minimum absolute atomic E-state index is 0.232. The Balaban J connectivity index is 2.04. The Morgan fingerprint density at radius 3 is 2.32 bits per heavy atom. The molecule has 3 heteroatoms. The van der Waals surface area contributed by atoms with Crippen LogP contribution in [0.15, 0.2) is 29.2 Å². The number of thioether (sulfide) groups is 1. The second-order valence-electron chi connectivity index (χ2n) is 5.76. The van der Waals surface area contributed by atoms with Crippen molar-refractivity contribution in [2.45, 2.75) is 50.5 Å². The zero-order chi connectivity index (χ0) is 14.1. The smallest absolute Gasteiger partial charge is 0.119 e. The molecule has 0 aliphatic carbocycles. The molecule has 0 aliphatic heterocycles. The molecule has 19 heavy (non-hydrogen) atoms. The van der Waals surface area contributed by atoms with Gasteiger partial charge in [-0.15, -0.1) is 11.8 Å². The van der Waals surface area contributed by atoms with E-state index in [1.165, 1.54) is 17.7 Å². The van der Waals surface area contributed by atoms with Gasteiger partial charge in [-0.05, 0) is 77.1 Å². The number of nitrogens with one attached hydrogen (secondary N) is 1. The van der Waals surface area contributed by atoms with Gasteiger partial charge in [0.2, 0.25) is 0 Å². The van der Waals surface area contributed by atoms with Crippen LogP contribution in [0.1, 0.15) is 40.0 Å². The normalized spacial score (nSPS) is 11.6. The van der Waals surface area contributed by atoms with Crippen LogP contribution < -0.4 is 10.1 Å². The van der Waals surface area contributed by atoms with Crippen LogP contribution in [0.25, 0.3) is 0 Å². The van der Waals surface area contributed by atoms with Gasteiger partial charge in [-0.3, -0.25) is 0 Å². The SMILES string of the molecule is CSc1ccc(OCCCCCNC(C)(C)C)cc1. The predicted molar refractivity (Wildman–Crippen MR) is 85.3 cm³/mol. The third kappa shape index (κ3) is 8.17. The van der Waals surface area contributed by atoms with Crippen LogP contribution in [-0.4, -0.2) is 24.9 Å². The average molecular weight is 281 g/mol. The van der Waals surface area contributed by atoms with Crippen LogP contribution in [0.5, 0.6) is 5.75 Å². The molecule has 0 spiro atoms. The summed E-state index contributed by atoms with van der Waals surface area (Å²) in [5.41, 5.74) is 0.232. The molecule has 1 N–H and O–H groups in total. The zero-order valence-corrected chi connectivity index (χ0v) is 13.5. The maximum Gasteiger partial charge on any atom is 0.119 e. The van der Waals surface area contributed by atoms with Crippen molar-refractivity contribution in [3.8, 4) is 5.75 Å². The van der Waals surface area contributed by atoms with E-state index < -0.39 is 0 Å². The number of hydrogen-bond acceptors (Lipinski definition) is 3. The fourth-order valence-electron chi connectivity index (χ4n) is 1.73. The predicted octanol–water partition coefficient (Wildman–Crippen LogP) is 4.35. The van der Waals surface area contributed by atoms with Crippen molar-refractivity contribution in [2.75, 3.05) is 19.4 Å². The van der Waals surface area contributed by atoms with Crippen LogP contribution in [-0.2, 0) is 0 Å². The lowest BCUT2D eigenvalue weighted by atomic mass is 10.1. The van der Waals surface area contributed by atoms with Crippen molar-refractivity contribution in [3.63, 3.8) is 0 Å². The summed E-state index contributed by atoms with van der Waals surface area (Å²) in [6.07, 6.45) is 5.63. The molecule has 0 unspecified atom stereocenters. The molecule has 1 aromatic carbocycles. The Hall–Kier alpha value is -0.670. The number of ether oxygens (including phenoxy) is 1. The number of rotatable bonds is 8. The topological polar surface area (TPSA) is 21.3 Å². The number of benzene rings is 1. The van der Waals surface area contributed by atoms with Crippen molar-refractivity contribution in [1.82, 2.24) is 5.32 Å².